The second kappa shape index (κ2) is 5.40. The van der Waals surface area contributed by atoms with Gasteiger partial charge in [0.25, 0.3) is 0 Å². The summed E-state index contributed by atoms with van der Waals surface area (Å²) in [6.45, 7) is 2.83. The fraction of sp³-hybridized carbons (Fsp3) is 0.364. The molecule has 2 heterocycles. The normalized spacial score (nSPS) is 12.9. The summed E-state index contributed by atoms with van der Waals surface area (Å²) in [4.78, 5) is 1.13. The minimum atomic E-state index is 0.0300. The Morgan fingerprint density at radius 2 is 2.24 bits per heavy atom. The molecular formula is C11H13Cl2N3S. The van der Waals surface area contributed by atoms with Gasteiger partial charge < -0.3 is 5.32 Å². The van der Waals surface area contributed by atoms with Gasteiger partial charge in [-0.25, -0.2) is 0 Å². The summed E-state index contributed by atoms with van der Waals surface area (Å²) in [5, 5.41) is 8.18. The van der Waals surface area contributed by atoms with Crippen molar-refractivity contribution in [3.05, 3.63) is 38.3 Å². The fourth-order valence-corrected chi connectivity index (χ4v) is 3.23. The number of hydrogen-bond donors (Lipinski definition) is 1. The van der Waals surface area contributed by atoms with E-state index in [0.29, 0.717) is 5.02 Å². The number of aromatic nitrogens is 2. The van der Waals surface area contributed by atoms with E-state index in [9.17, 15) is 0 Å². The van der Waals surface area contributed by atoms with Crippen LogP contribution in [0, 0.1) is 0 Å². The first-order valence-electron chi connectivity index (χ1n) is 5.31. The first-order chi connectivity index (χ1) is 8.17. The number of aryl methyl sites for hydroxylation is 1. The molecule has 0 amide bonds. The molecule has 3 nitrogen and oxygen atoms in total. The van der Waals surface area contributed by atoms with Crippen LogP contribution in [-0.4, -0.2) is 16.8 Å². The number of nitrogens with zero attached hydrogens (tertiary/aromatic N) is 2. The minimum Gasteiger partial charge on any atom is -0.307 e. The third kappa shape index (κ3) is 2.50. The van der Waals surface area contributed by atoms with Crippen LogP contribution in [0.5, 0.6) is 0 Å². The van der Waals surface area contributed by atoms with Crippen molar-refractivity contribution in [3.63, 3.8) is 0 Å². The molecule has 0 aromatic carbocycles. The Hall–Kier alpha value is -0.550. The highest BCUT2D eigenvalue weighted by atomic mass is 35.5. The van der Waals surface area contributed by atoms with Crippen molar-refractivity contribution in [1.29, 1.82) is 0 Å². The maximum Gasteiger partial charge on any atom is 0.0931 e. The van der Waals surface area contributed by atoms with E-state index < -0.39 is 0 Å². The Labute approximate surface area is 114 Å². The Morgan fingerprint density at radius 1 is 1.47 bits per heavy atom. The van der Waals surface area contributed by atoms with Crippen molar-refractivity contribution in [2.75, 3.05) is 7.05 Å². The van der Waals surface area contributed by atoms with Crippen LogP contribution < -0.4 is 5.32 Å². The molecule has 17 heavy (non-hydrogen) atoms. The lowest BCUT2D eigenvalue weighted by molar-refractivity contribution is 0.568. The number of halogens is 2. The van der Waals surface area contributed by atoms with Crippen molar-refractivity contribution in [1.82, 2.24) is 15.1 Å². The molecule has 0 aliphatic carbocycles. The number of nitrogens with one attached hydrogen (secondary N) is 1. The summed E-state index contributed by atoms with van der Waals surface area (Å²) in [7, 11) is 1.90. The lowest BCUT2D eigenvalue weighted by atomic mass is 10.1. The minimum absolute atomic E-state index is 0.0300. The number of hydrogen-bond acceptors (Lipinski definition) is 3. The predicted octanol–water partition coefficient (Wildman–Crippen LogP) is 3.58. The van der Waals surface area contributed by atoms with E-state index in [1.807, 2.05) is 30.8 Å². The first-order valence-corrected chi connectivity index (χ1v) is 6.88. The van der Waals surface area contributed by atoms with Crippen LogP contribution in [0.3, 0.4) is 0 Å². The average molecular weight is 290 g/mol. The zero-order valence-electron chi connectivity index (χ0n) is 9.58. The third-order valence-corrected chi connectivity index (χ3v) is 4.16. The number of rotatable bonds is 4. The molecule has 92 valence electrons. The van der Waals surface area contributed by atoms with Crippen molar-refractivity contribution in [2.24, 2.45) is 0 Å². The quantitative estimate of drug-likeness (QED) is 0.932. The van der Waals surface area contributed by atoms with E-state index in [0.717, 1.165) is 21.5 Å². The SMILES string of the molecule is CCn1ncc(Cl)c1C(NC)c1ccc(Cl)s1. The summed E-state index contributed by atoms with van der Waals surface area (Å²) >= 11 is 13.7. The smallest absolute Gasteiger partial charge is 0.0931 e. The van der Waals surface area contributed by atoms with Crippen LogP contribution in [0.1, 0.15) is 23.5 Å². The fourth-order valence-electron chi connectivity index (χ4n) is 1.81. The van der Waals surface area contributed by atoms with E-state index in [-0.39, 0.29) is 6.04 Å². The van der Waals surface area contributed by atoms with Crippen LogP contribution in [0.25, 0.3) is 0 Å². The van der Waals surface area contributed by atoms with Gasteiger partial charge in [0.15, 0.2) is 0 Å². The van der Waals surface area contributed by atoms with Gasteiger partial charge in [0.1, 0.15) is 0 Å². The number of thiophene rings is 1. The van der Waals surface area contributed by atoms with E-state index >= 15 is 0 Å². The Morgan fingerprint density at radius 3 is 2.76 bits per heavy atom. The molecule has 1 atom stereocenters. The highest BCUT2D eigenvalue weighted by Crippen LogP contribution is 2.33. The predicted molar refractivity (Wildman–Crippen MR) is 73.1 cm³/mol. The van der Waals surface area contributed by atoms with Crippen LogP contribution in [0.4, 0.5) is 0 Å². The molecule has 0 fully saturated rings. The van der Waals surface area contributed by atoms with Gasteiger partial charge in [-0.05, 0) is 26.1 Å². The monoisotopic (exact) mass is 289 g/mol. The van der Waals surface area contributed by atoms with Gasteiger partial charge in [-0.1, -0.05) is 23.2 Å². The summed E-state index contributed by atoms with van der Waals surface area (Å²) < 4.78 is 2.68. The molecule has 0 spiro atoms. The molecule has 0 aliphatic rings. The molecule has 0 saturated heterocycles. The lowest BCUT2D eigenvalue weighted by Gasteiger charge is -2.16. The van der Waals surface area contributed by atoms with Gasteiger partial charge in [0.05, 0.1) is 27.3 Å². The van der Waals surface area contributed by atoms with Gasteiger partial charge in [-0.2, -0.15) is 5.10 Å². The molecule has 2 aromatic heterocycles. The molecule has 1 unspecified atom stereocenters. The van der Waals surface area contributed by atoms with Crippen molar-refractivity contribution < 1.29 is 0 Å². The van der Waals surface area contributed by atoms with E-state index in [4.69, 9.17) is 23.2 Å². The lowest BCUT2D eigenvalue weighted by Crippen LogP contribution is -2.20. The molecule has 2 aromatic rings. The van der Waals surface area contributed by atoms with Gasteiger partial charge >= 0.3 is 0 Å². The molecule has 2 rings (SSSR count). The second-order valence-corrected chi connectivity index (χ2v) is 5.71. The van der Waals surface area contributed by atoms with Crippen molar-refractivity contribution in [3.8, 4) is 0 Å². The molecule has 0 bridgehead atoms. The van der Waals surface area contributed by atoms with Crippen LogP contribution in [0.15, 0.2) is 18.3 Å². The Kier molecular flexibility index (Phi) is 4.09. The zero-order chi connectivity index (χ0) is 12.4. The maximum absolute atomic E-state index is 6.20. The van der Waals surface area contributed by atoms with Gasteiger partial charge in [-0.3, -0.25) is 4.68 Å². The molecule has 1 N–H and O–H groups in total. The second-order valence-electron chi connectivity index (χ2n) is 3.56. The molecule has 0 saturated carbocycles. The van der Waals surface area contributed by atoms with Crippen molar-refractivity contribution in [2.45, 2.75) is 19.5 Å². The van der Waals surface area contributed by atoms with E-state index in [2.05, 4.69) is 10.4 Å². The molecule has 0 aliphatic heterocycles. The van der Waals surface area contributed by atoms with Crippen molar-refractivity contribution >= 4 is 34.5 Å². The van der Waals surface area contributed by atoms with Gasteiger partial charge in [-0.15, -0.1) is 11.3 Å². The standard InChI is InChI=1S/C11H13Cl2N3S/c1-3-16-11(7(12)6-15-16)10(14-2)8-4-5-9(13)17-8/h4-6,10,14H,3H2,1-2H3. The first kappa shape index (κ1) is 12.9. The summed E-state index contributed by atoms with van der Waals surface area (Å²) in [6, 6.07) is 3.94. The van der Waals surface area contributed by atoms with Crippen LogP contribution in [0.2, 0.25) is 9.36 Å². The summed E-state index contributed by atoms with van der Waals surface area (Å²) in [5.41, 5.74) is 0.982. The third-order valence-electron chi connectivity index (χ3n) is 2.57. The highest BCUT2D eigenvalue weighted by molar-refractivity contribution is 7.16. The molecular weight excluding hydrogens is 277 g/mol. The molecule has 0 radical (unpaired) electrons. The molecule has 6 heteroatoms. The van der Waals surface area contributed by atoms with Crippen LogP contribution >= 0.6 is 34.5 Å². The largest absolute Gasteiger partial charge is 0.307 e. The summed E-state index contributed by atoms with van der Waals surface area (Å²) in [5.74, 6) is 0. The Balaban J connectivity index is 2.44. The summed E-state index contributed by atoms with van der Waals surface area (Å²) in [6.07, 6.45) is 1.68. The average Bonchev–Trinajstić information content (AvgIpc) is 2.89. The maximum atomic E-state index is 6.20. The van der Waals surface area contributed by atoms with Crippen LogP contribution in [-0.2, 0) is 6.54 Å². The van der Waals surface area contributed by atoms with Gasteiger partial charge in [0.2, 0.25) is 0 Å². The van der Waals surface area contributed by atoms with E-state index in [1.165, 1.54) is 0 Å². The topological polar surface area (TPSA) is 29.9 Å². The zero-order valence-corrected chi connectivity index (χ0v) is 11.9. The van der Waals surface area contributed by atoms with Gasteiger partial charge in [0, 0.05) is 11.4 Å². The highest BCUT2D eigenvalue weighted by Gasteiger charge is 2.21. The Bertz CT molecular complexity index is 507. The van der Waals surface area contributed by atoms with E-state index in [1.54, 1.807) is 17.5 Å².